The molecule has 3 aliphatic carbocycles. The van der Waals surface area contributed by atoms with E-state index in [9.17, 15) is 0 Å². The van der Waals surface area contributed by atoms with Gasteiger partial charge in [0, 0.05) is 35.9 Å². The molecule has 5 heteroatoms. The molecular weight excluding hydrogens is 324 g/mol. The van der Waals surface area contributed by atoms with Crippen LogP contribution in [0.4, 0.5) is 0 Å². The van der Waals surface area contributed by atoms with Gasteiger partial charge in [0.25, 0.3) is 0 Å². The smallest absolute Gasteiger partial charge is 0.229 e. The Hall–Kier alpha value is -1.72. The first-order valence-electron chi connectivity index (χ1n) is 10.1. The quantitative estimate of drug-likeness (QED) is 0.835. The standard InChI is InChI=1S/C21H28N4O/c22-16-8-6-15(7-9-16)19-24-20(25-26-19)21(10-11-21)13-23-18-12-17(18)14-4-2-1-3-5-14/h1-5,15-18,23H,6-13,22H2. The Balaban J connectivity index is 1.18. The van der Waals surface area contributed by atoms with E-state index < -0.39 is 0 Å². The molecule has 3 aliphatic rings. The number of hydrogen-bond acceptors (Lipinski definition) is 5. The Labute approximate surface area is 154 Å². The van der Waals surface area contributed by atoms with Crippen LogP contribution in [0.1, 0.15) is 74.1 Å². The summed E-state index contributed by atoms with van der Waals surface area (Å²) in [6.07, 6.45) is 7.85. The molecule has 3 fully saturated rings. The Morgan fingerprint density at radius 1 is 1.12 bits per heavy atom. The van der Waals surface area contributed by atoms with Gasteiger partial charge in [-0.25, -0.2) is 0 Å². The van der Waals surface area contributed by atoms with Crippen molar-refractivity contribution in [3.05, 3.63) is 47.6 Å². The van der Waals surface area contributed by atoms with Gasteiger partial charge in [0.15, 0.2) is 5.82 Å². The summed E-state index contributed by atoms with van der Waals surface area (Å²) >= 11 is 0. The first-order valence-corrected chi connectivity index (χ1v) is 10.1. The molecule has 1 aromatic carbocycles. The normalized spacial score (nSPS) is 32.3. The number of nitrogens with two attached hydrogens (primary N) is 1. The first-order chi connectivity index (χ1) is 12.7. The number of aromatic nitrogens is 2. The lowest BCUT2D eigenvalue weighted by atomic mass is 9.86. The summed E-state index contributed by atoms with van der Waals surface area (Å²) in [5.74, 6) is 2.84. The number of hydrogen-bond donors (Lipinski definition) is 2. The van der Waals surface area contributed by atoms with Crippen molar-refractivity contribution in [3.8, 4) is 0 Å². The lowest BCUT2D eigenvalue weighted by Crippen LogP contribution is -2.30. The molecule has 5 nitrogen and oxygen atoms in total. The van der Waals surface area contributed by atoms with E-state index in [-0.39, 0.29) is 5.41 Å². The van der Waals surface area contributed by atoms with Crippen LogP contribution in [-0.2, 0) is 5.41 Å². The Kier molecular flexibility index (Phi) is 4.09. The Bertz CT molecular complexity index is 746. The van der Waals surface area contributed by atoms with Crippen molar-refractivity contribution in [2.24, 2.45) is 5.73 Å². The van der Waals surface area contributed by atoms with Gasteiger partial charge in [-0.3, -0.25) is 0 Å². The maximum absolute atomic E-state index is 6.01. The Morgan fingerprint density at radius 3 is 2.62 bits per heavy atom. The molecule has 3 N–H and O–H groups in total. The third kappa shape index (κ3) is 3.19. The van der Waals surface area contributed by atoms with Gasteiger partial charge in [0.2, 0.25) is 5.89 Å². The first kappa shape index (κ1) is 16.5. The molecule has 1 aromatic heterocycles. The topological polar surface area (TPSA) is 77.0 Å². The number of nitrogens with zero attached hydrogens (tertiary/aromatic N) is 2. The molecule has 0 amide bonds. The summed E-state index contributed by atoms with van der Waals surface area (Å²) in [4.78, 5) is 4.81. The fourth-order valence-electron chi connectivity index (χ4n) is 4.43. The van der Waals surface area contributed by atoms with Crippen molar-refractivity contribution in [1.29, 1.82) is 0 Å². The van der Waals surface area contributed by atoms with Crippen LogP contribution >= 0.6 is 0 Å². The predicted octanol–water partition coefficient (Wildman–Crippen LogP) is 3.23. The summed E-state index contributed by atoms with van der Waals surface area (Å²) in [6, 6.07) is 11.8. The molecule has 2 unspecified atom stereocenters. The number of rotatable bonds is 6. The molecule has 3 saturated carbocycles. The minimum atomic E-state index is 0.108. The van der Waals surface area contributed by atoms with E-state index in [1.807, 2.05) is 0 Å². The Morgan fingerprint density at radius 2 is 1.88 bits per heavy atom. The molecule has 0 bridgehead atoms. The van der Waals surface area contributed by atoms with Gasteiger partial charge in [-0.05, 0) is 50.5 Å². The van der Waals surface area contributed by atoms with Crippen LogP contribution in [0.5, 0.6) is 0 Å². The SMILES string of the molecule is NC1CCC(c2nc(C3(CNC4CC4c4ccccc4)CC3)no2)CC1. The minimum Gasteiger partial charge on any atom is -0.339 e. The molecule has 138 valence electrons. The second-order valence-corrected chi connectivity index (χ2v) is 8.59. The van der Waals surface area contributed by atoms with E-state index in [1.54, 1.807) is 0 Å². The largest absolute Gasteiger partial charge is 0.339 e. The van der Waals surface area contributed by atoms with E-state index in [4.69, 9.17) is 15.2 Å². The van der Waals surface area contributed by atoms with Crippen molar-refractivity contribution >= 4 is 0 Å². The van der Waals surface area contributed by atoms with Crippen molar-refractivity contribution in [2.45, 2.75) is 74.3 Å². The van der Waals surface area contributed by atoms with Crippen LogP contribution in [0.3, 0.4) is 0 Å². The molecule has 2 atom stereocenters. The van der Waals surface area contributed by atoms with Crippen molar-refractivity contribution in [2.75, 3.05) is 6.54 Å². The van der Waals surface area contributed by atoms with Crippen molar-refractivity contribution < 1.29 is 4.52 Å². The van der Waals surface area contributed by atoms with E-state index >= 15 is 0 Å². The van der Waals surface area contributed by atoms with Gasteiger partial charge in [-0.2, -0.15) is 4.98 Å². The summed E-state index contributed by atoms with van der Waals surface area (Å²) in [7, 11) is 0. The lowest BCUT2D eigenvalue weighted by molar-refractivity contribution is 0.298. The minimum absolute atomic E-state index is 0.108. The molecular formula is C21H28N4O. The predicted molar refractivity (Wildman–Crippen MR) is 100.0 cm³/mol. The van der Waals surface area contributed by atoms with Gasteiger partial charge in [-0.15, -0.1) is 0 Å². The summed E-state index contributed by atoms with van der Waals surface area (Å²) in [5, 5.41) is 8.13. The molecule has 0 spiro atoms. The molecule has 0 radical (unpaired) electrons. The van der Waals surface area contributed by atoms with E-state index in [1.165, 1.54) is 12.0 Å². The van der Waals surface area contributed by atoms with Gasteiger partial charge in [0.1, 0.15) is 0 Å². The molecule has 2 aromatic rings. The van der Waals surface area contributed by atoms with Crippen LogP contribution in [0.25, 0.3) is 0 Å². The molecule has 1 heterocycles. The van der Waals surface area contributed by atoms with E-state index in [2.05, 4.69) is 40.8 Å². The molecule has 26 heavy (non-hydrogen) atoms. The molecule has 0 saturated heterocycles. The second-order valence-electron chi connectivity index (χ2n) is 8.59. The monoisotopic (exact) mass is 352 g/mol. The fraction of sp³-hybridized carbons (Fsp3) is 0.619. The van der Waals surface area contributed by atoms with Crippen LogP contribution in [0.2, 0.25) is 0 Å². The zero-order valence-corrected chi connectivity index (χ0v) is 15.2. The maximum atomic E-state index is 6.01. The van der Waals surface area contributed by atoms with Crippen molar-refractivity contribution in [3.63, 3.8) is 0 Å². The fourth-order valence-corrected chi connectivity index (χ4v) is 4.43. The van der Waals surface area contributed by atoms with Crippen LogP contribution in [0.15, 0.2) is 34.9 Å². The van der Waals surface area contributed by atoms with Crippen molar-refractivity contribution in [1.82, 2.24) is 15.5 Å². The maximum Gasteiger partial charge on any atom is 0.229 e. The van der Waals surface area contributed by atoms with E-state index in [0.717, 1.165) is 56.8 Å². The van der Waals surface area contributed by atoms with Gasteiger partial charge >= 0.3 is 0 Å². The summed E-state index contributed by atoms with van der Waals surface area (Å²) in [5.41, 5.74) is 7.57. The highest BCUT2D eigenvalue weighted by Gasteiger charge is 2.50. The van der Waals surface area contributed by atoms with Crippen LogP contribution < -0.4 is 11.1 Å². The molecule has 0 aliphatic heterocycles. The zero-order chi connectivity index (χ0) is 17.6. The highest BCUT2D eigenvalue weighted by molar-refractivity contribution is 5.28. The average Bonchev–Trinajstić information content (AvgIpc) is 3.59. The highest BCUT2D eigenvalue weighted by atomic mass is 16.5. The summed E-state index contributed by atoms with van der Waals surface area (Å²) in [6.45, 7) is 0.968. The van der Waals surface area contributed by atoms with E-state index in [0.29, 0.717) is 23.9 Å². The lowest BCUT2D eigenvalue weighted by Gasteiger charge is -2.23. The third-order valence-electron chi connectivity index (χ3n) is 6.61. The second kappa shape index (κ2) is 6.46. The van der Waals surface area contributed by atoms with Gasteiger partial charge in [0.05, 0.1) is 0 Å². The van der Waals surface area contributed by atoms with Crippen LogP contribution in [0, 0.1) is 0 Å². The van der Waals surface area contributed by atoms with Crippen LogP contribution in [-0.4, -0.2) is 28.8 Å². The number of benzene rings is 1. The zero-order valence-electron chi connectivity index (χ0n) is 15.2. The number of nitrogens with one attached hydrogen (secondary N) is 1. The highest BCUT2D eigenvalue weighted by Crippen LogP contribution is 2.48. The summed E-state index contributed by atoms with van der Waals surface area (Å²) < 4.78 is 5.65. The van der Waals surface area contributed by atoms with Gasteiger partial charge < -0.3 is 15.6 Å². The third-order valence-corrected chi connectivity index (χ3v) is 6.61. The average molecular weight is 352 g/mol. The molecule has 5 rings (SSSR count). The van der Waals surface area contributed by atoms with Gasteiger partial charge in [-0.1, -0.05) is 35.5 Å².